The highest BCUT2D eigenvalue weighted by atomic mass is 16.2. The first-order valence-electron chi connectivity index (χ1n) is 8.07. The summed E-state index contributed by atoms with van der Waals surface area (Å²) < 4.78 is 0. The predicted molar refractivity (Wildman–Crippen MR) is 88.7 cm³/mol. The highest BCUT2D eigenvalue weighted by Crippen LogP contribution is 2.40. The summed E-state index contributed by atoms with van der Waals surface area (Å²) in [6.07, 6.45) is 2.75. The van der Waals surface area contributed by atoms with E-state index in [0.29, 0.717) is 6.42 Å². The lowest BCUT2D eigenvalue weighted by Gasteiger charge is -2.16. The molecule has 22 heavy (non-hydrogen) atoms. The number of nitrogens with zero attached hydrogens (tertiary/aromatic N) is 1. The molecule has 1 aromatic rings. The number of amides is 2. The number of aryl methyl sites for hydroxylation is 2. The van der Waals surface area contributed by atoms with E-state index in [1.54, 1.807) is 4.90 Å². The summed E-state index contributed by atoms with van der Waals surface area (Å²) in [5.41, 5.74) is 3.01. The minimum absolute atomic E-state index is 0.0315. The Bertz CT molecular complexity index is 568. The van der Waals surface area contributed by atoms with Gasteiger partial charge in [0, 0.05) is 19.3 Å². The van der Waals surface area contributed by atoms with Crippen LogP contribution in [0.3, 0.4) is 0 Å². The number of unbranched alkanes of at least 4 members (excludes halogenated alkanes) is 1. The van der Waals surface area contributed by atoms with Gasteiger partial charge in [-0.1, -0.05) is 25.5 Å². The first-order valence-corrected chi connectivity index (χ1v) is 8.07. The van der Waals surface area contributed by atoms with Crippen LogP contribution in [-0.4, -0.2) is 30.3 Å². The maximum atomic E-state index is 12.3. The maximum Gasteiger partial charge on any atom is 0.228 e. The zero-order valence-electron chi connectivity index (χ0n) is 14.0. The van der Waals surface area contributed by atoms with E-state index in [0.717, 1.165) is 36.2 Å². The number of hydrogen-bond acceptors (Lipinski definition) is 2. The number of carbonyl (C=O) groups excluding carboxylic acids is 2. The first-order chi connectivity index (χ1) is 10.4. The highest BCUT2D eigenvalue weighted by molar-refractivity contribution is 5.99. The monoisotopic (exact) mass is 302 g/mol. The Morgan fingerprint density at radius 3 is 2.68 bits per heavy atom. The Balaban J connectivity index is 1.90. The fourth-order valence-electron chi connectivity index (χ4n) is 2.64. The molecule has 1 saturated carbocycles. The maximum absolute atomic E-state index is 12.3. The van der Waals surface area contributed by atoms with Gasteiger partial charge in [-0.2, -0.15) is 0 Å². The normalized spacial score (nSPS) is 19.6. The molecule has 1 N–H and O–H groups in total. The molecule has 1 aliphatic rings. The number of rotatable bonds is 6. The van der Waals surface area contributed by atoms with Crippen molar-refractivity contribution in [2.45, 2.75) is 40.0 Å². The molecular formula is C18H26N2O2. The molecule has 0 bridgehead atoms. The second-order valence-electron chi connectivity index (χ2n) is 6.37. The van der Waals surface area contributed by atoms with Crippen LogP contribution in [0.25, 0.3) is 0 Å². The van der Waals surface area contributed by atoms with Crippen molar-refractivity contribution in [1.82, 2.24) is 4.90 Å². The zero-order chi connectivity index (χ0) is 16.3. The van der Waals surface area contributed by atoms with Gasteiger partial charge in [-0.05, 0) is 43.9 Å². The third-order valence-corrected chi connectivity index (χ3v) is 4.32. The predicted octanol–water partition coefficient (Wildman–Crippen LogP) is 3.14. The summed E-state index contributed by atoms with van der Waals surface area (Å²) in [7, 11) is 1.83. The van der Waals surface area contributed by atoms with E-state index in [-0.39, 0.29) is 23.7 Å². The van der Waals surface area contributed by atoms with Crippen molar-refractivity contribution >= 4 is 17.5 Å². The second-order valence-corrected chi connectivity index (χ2v) is 6.37. The lowest BCUT2D eigenvalue weighted by molar-refractivity contribution is -0.132. The molecule has 2 amide bonds. The fraction of sp³-hybridized carbons (Fsp3) is 0.556. The zero-order valence-corrected chi connectivity index (χ0v) is 14.0. The molecule has 0 aromatic heterocycles. The summed E-state index contributed by atoms with van der Waals surface area (Å²) >= 11 is 0. The van der Waals surface area contributed by atoms with Gasteiger partial charge in [0.2, 0.25) is 11.8 Å². The molecule has 0 saturated heterocycles. The van der Waals surface area contributed by atoms with Gasteiger partial charge in [0.25, 0.3) is 0 Å². The molecule has 1 aromatic carbocycles. The average molecular weight is 302 g/mol. The van der Waals surface area contributed by atoms with E-state index in [1.165, 1.54) is 0 Å². The average Bonchev–Trinajstić information content (AvgIpc) is 3.28. The van der Waals surface area contributed by atoms with Gasteiger partial charge < -0.3 is 10.2 Å². The minimum atomic E-state index is -0.170. The second kappa shape index (κ2) is 6.95. The largest absolute Gasteiger partial charge is 0.346 e. The topological polar surface area (TPSA) is 49.4 Å². The van der Waals surface area contributed by atoms with E-state index in [4.69, 9.17) is 0 Å². The van der Waals surface area contributed by atoms with Crippen LogP contribution in [0, 0.1) is 25.7 Å². The van der Waals surface area contributed by atoms with E-state index in [2.05, 4.69) is 12.2 Å². The Labute approximate surface area is 132 Å². The van der Waals surface area contributed by atoms with Crippen LogP contribution < -0.4 is 5.32 Å². The van der Waals surface area contributed by atoms with Gasteiger partial charge in [-0.15, -0.1) is 0 Å². The van der Waals surface area contributed by atoms with Crippen LogP contribution in [0.15, 0.2) is 18.2 Å². The van der Waals surface area contributed by atoms with E-state index in [9.17, 15) is 9.59 Å². The molecule has 1 aliphatic carbocycles. The number of hydrogen-bond donors (Lipinski definition) is 1. The van der Waals surface area contributed by atoms with Crippen LogP contribution in [0.2, 0.25) is 0 Å². The molecule has 120 valence electrons. The Morgan fingerprint density at radius 2 is 2.00 bits per heavy atom. The van der Waals surface area contributed by atoms with Gasteiger partial charge in [0.15, 0.2) is 0 Å². The lowest BCUT2D eigenvalue weighted by atomic mass is 10.1. The molecule has 2 unspecified atom stereocenters. The summed E-state index contributed by atoms with van der Waals surface area (Å²) in [5.74, 6) is -0.228. The number of nitrogens with one attached hydrogen (secondary N) is 1. The van der Waals surface area contributed by atoms with Gasteiger partial charge in [0.1, 0.15) is 0 Å². The molecule has 4 nitrogen and oxygen atoms in total. The number of carbonyl (C=O) groups is 2. The number of anilines is 1. The van der Waals surface area contributed by atoms with Gasteiger partial charge >= 0.3 is 0 Å². The molecule has 1 fully saturated rings. The van der Waals surface area contributed by atoms with Crippen LogP contribution in [0.1, 0.15) is 37.3 Å². The summed E-state index contributed by atoms with van der Waals surface area (Å²) in [6, 6.07) is 6.00. The molecular weight excluding hydrogens is 276 g/mol. The Morgan fingerprint density at radius 1 is 1.27 bits per heavy atom. The summed E-state index contributed by atoms with van der Waals surface area (Å²) in [4.78, 5) is 26.3. The molecule has 0 spiro atoms. The first kappa shape index (κ1) is 16.5. The van der Waals surface area contributed by atoms with Crippen molar-refractivity contribution in [3.8, 4) is 0 Å². The van der Waals surface area contributed by atoms with Crippen molar-refractivity contribution in [3.63, 3.8) is 0 Å². The third-order valence-electron chi connectivity index (χ3n) is 4.32. The standard InChI is InChI=1S/C18H26N2O2/c1-5-6-9-20(4)18(22)15-11-14(15)17(21)19-16-10-12(2)7-8-13(16)3/h7-8,10,14-15H,5-6,9,11H2,1-4H3,(H,19,21). The van der Waals surface area contributed by atoms with Crippen LogP contribution in [0.5, 0.6) is 0 Å². The molecule has 0 radical (unpaired) electrons. The Kier molecular flexibility index (Phi) is 5.22. The highest BCUT2D eigenvalue weighted by Gasteiger charge is 2.49. The van der Waals surface area contributed by atoms with E-state index < -0.39 is 0 Å². The number of benzene rings is 1. The smallest absolute Gasteiger partial charge is 0.228 e. The van der Waals surface area contributed by atoms with Crippen molar-refractivity contribution in [1.29, 1.82) is 0 Å². The van der Waals surface area contributed by atoms with E-state index in [1.807, 2.05) is 39.1 Å². The summed E-state index contributed by atoms with van der Waals surface area (Å²) in [6.45, 7) is 6.86. The van der Waals surface area contributed by atoms with Crippen LogP contribution in [0.4, 0.5) is 5.69 Å². The van der Waals surface area contributed by atoms with Gasteiger partial charge in [-0.3, -0.25) is 9.59 Å². The van der Waals surface area contributed by atoms with Crippen molar-refractivity contribution in [2.75, 3.05) is 18.9 Å². The van der Waals surface area contributed by atoms with Crippen LogP contribution >= 0.6 is 0 Å². The molecule has 2 rings (SSSR count). The fourth-order valence-corrected chi connectivity index (χ4v) is 2.64. The van der Waals surface area contributed by atoms with Crippen molar-refractivity contribution in [2.24, 2.45) is 11.8 Å². The van der Waals surface area contributed by atoms with Crippen molar-refractivity contribution in [3.05, 3.63) is 29.3 Å². The lowest BCUT2D eigenvalue weighted by Crippen LogP contribution is -2.30. The third kappa shape index (κ3) is 3.87. The molecule has 0 aliphatic heterocycles. The quantitative estimate of drug-likeness (QED) is 0.877. The SMILES string of the molecule is CCCCN(C)C(=O)C1CC1C(=O)Nc1cc(C)ccc1C. The minimum Gasteiger partial charge on any atom is -0.346 e. The molecule has 4 heteroatoms. The molecule has 0 heterocycles. The van der Waals surface area contributed by atoms with E-state index >= 15 is 0 Å². The Hall–Kier alpha value is -1.84. The van der Waals surface area contributed by atoms with Crippen LogP contribution in [-0.2, 0) is 9.59 Å². The van der Waals surface area contributed by atoms with Gasteiger partial charge in [-0.25, -0.2) is 0 Å². The van der Waals surface area contributed by atoms with Gasteiger partial charge in [0.05, 0.1) is 11.8 Å². The molecule has 2 atom stereocenters. The summed E-state index contributed by atoms with van der Waals surface area (Å²) in [5, 5.41) is 2.97. The van der Waals surface area contributed by atoms with Crippen molar-refractivity contribution < 1.29 is 9.59 Å².